The standard InChI is InChI=1S/C13H21NOSi/c1-16(2,3)12-9-6-10-14-13(12)15-11-7-4-5-8-11/h6,9-11H,4-5,7-8H2,1-3H3. The number of hydrogen-bond acceptors (Lipinski definition) is 2. The normalized spacial score (nSPS) is 17.7. The minimum atomic E-state index is -1.34. The summed E-state index contributed by atoms with van der Waals surface area (Å²) in [7, 11) is -1.34. The van der Waals surface area contributed by atoms with Crippen molar-refractivity contribution < 1.29 is 4.74 Å². The van der Waals surface area contributed by atoms with Crippen molar-refractivity contribution in [2.45, 2.75) is 51.4 Å². The number of rotatable bonds is 3. The van der Waals surface area contributed by atoms with Gasteiger partial charge in [-0.25, -0.2) is 4.98 Å². The van der Waals surface area contributed by atoms with Crippen molar-refractivity contribution in [1.29, 1.82) is 0 Å². The first-order valence-corrected chi connectivity index (χ1v) is 9.69. The van der Waals surface area contributed by atoms with Crippen LogP contribution in [0.4, 0.5) is 0 Å². The molecule has 0 bridgehead atoms. The molecule has 1 saturated carbocycles. The number of aromatic nitrogens is 1. The lowest BCUT2D eigenvalue weighted by molar-refractivity contribution is 0.203. The van der Waals surface area contributed by atoms with Crippen molar-refractivity contribution in [2.75, 3.05) is 0 Å². The lowest BCUT2D eigenvalue weighted by atomic mass is 10.3. The van der Waals surface area contributed by atoms with Gasteiger partial charge >= 0.3 is 0 Å². The molecule has 1 aromatic heterocycles. The molecular formula is C13H21NOSi. The average Bonchev–Trinajstić information content (AvgIpc) is 2.70. The van der Waals surface area contributed by atoms with Crippen molar-refractivity contribution in [1.82, 2.24) is 4.98 Å². The summed E-state index contributed by atoms with van der Waals surface area (Å²) >= 11 is 0. The van der Waals surface area contributed by atoms with Crippen LogP contribution in [-0.2, 0) is 0 Å². The zero-order valence-electron chi connectivity index (χ0n) is 10.5. The third-order valence-electron chi connectivity index (χ3n) is 3.16. The average molecular weight is 235 g/mol. The summed E-state index contributed by atoms with van der Waals surface area (Å²) in [5, 5.41) is 1.35. The smallest absolute Gasteiger partial charge is 0.212 e. The molecule has 2 nitrogen and oxygen atoms in total. The quantitative estimate of drug-likeness (QED) is 0.752. The number of pyridine rings is 1. The van der Waals surface area contributed by atoms with Crippen LogP contribution in [0.5, 0.6) is 5.88 Å². The summed E-state index contributed by atoms with van der Waals surface area (Å²) in [5.74, 6) is 0.897. The van der Waals surface area contributed by atoms with Gasteiger partial charge in [0.1, 0.15) is 6.10 Å². The van der Waals surface area contributed by atoms with E-state index < -0.39 is 8.07 Å². The van der Waals surface area contributed by atoms with Crippen LogP contribution >= 0.6 is 0 Å². The van der Waals surface area contributed by atoms with Crippen LogP contribution in [0.2, 0.25) is 19.6 Å². The molecule has 0 unspecified atom stereocenters. The Morgan fingerprint density at radius 3 is 2.56 bits per heavy atom. The molecule has 16 heavy (non-hydrogen) atoms. The number of nitrogens with zero attached hydrogens (tertiary/aromatic N) is 1. The molecule has 1 fully saturated rings. The van der Waals surface area contributed by atoms with Gasteiger partial charge in [0.05, 0.1) is 8.07 Å². The van der Waals surface area contributed by atoms with E-state index in [1.54, 1.807) is 0 Å². The van der Waals surface area contributed by atoms with E-state index in [1.165, 1.54) is 30.9 Å². The maximum Gasteiger partial charge on any atom is 0.212 e. The van der Waals surface area contributed by atoms with E-state index in [2.05, 4.69) is 30.7 Å². The fraction of sp³-hybridized carbons (Fsp3) is 0.615. The third-order valence-corrected chi connectivity index (χ3v) is 5.16. The first-order chi connectivity index (χ1) is 7.57. The molecule has 3 heteroatoms. The molecule has 0 saturated heterocycles. The Kier molecular flexibility index (Phi) is 3.33. The van der Waals surface area contributed by atoms with Crippen LogP contribution in [0.15, 0.2) is 18.3 Å². The van der Waals surface area contributed by atoms with Crippen molar-refractivity contribution in [3.8, 4) is 5.88 Å². The van der Waals surface area contributed by atoms with Gasteiger partial charge in [-0.1, -0.05) is 25.7 Å². The van der Waals surface area contributed by atoms with E-state index >= 15 is 0 Å². The predicted octanol–water partition coefficient (Wildman–Crippen LogP) is 2.95. The first kappa shape index (κ1) is 11.6. The largest absolute Gasteiger partial charge is 0.474 e. The fourth-order valence-corrected chi connectivity index (χ4v) is 3.58. The van der Waals surface area contributed by atoms with Crippen LogP contribution in [0, 0.1) is 0 Å². The van der Waals surface area contributed by atoms with Crippen molar-refractivity contribution >= 4 is 13.3 Å². The Labute approximate surface area is 99.1 Å². The van der Waals surface area contributed by atoms with E-state index in [-0.39, 0.29) is 0 Å². The molecule has 1 aliphatic rings. The maximum absolute atomic E-state index is 6.06. The lowest BCUT2D eigenvalue weighted by Gasteiger charge is -2.21. The van der Waals surface area contributed by atoms with Gasteiger partial charge < -0.3 is 4.74 Å². The number of hydrogen-bond donors (Lipinski definition) is 0. The predicted molar refractivity (Wildman–Crippen MR) is 70.1 cm³/mol. The molecule has 88 valence electrons. The van der Waals surface area contributed by atoms with Crippen LogP contribution < -0.4 is 9.92 Å². The molecule has 1 aliphatic carbocycles. The first-order valence-electron chi connectivity index (χ1n) is 6.19. The Bertz CT molecular complexity index is 353. The number of ether oxygens (including phenoxy) is 1. The van der Waals surface area contributed by atoms with Gasteiger partial charge in [0.2, 0.25) is 5.88 Å². The third kappa shape index (κ3) is 2.64. The molecule has 0 spiro atoms. The Morgan fingerprint density at radius 1 is 1.25 bits per heavy atom. The highest BCUT2D eigenvalue weighted by molar-refractivity contribution is 6.89. The summed E-state index contributed by atoms with van der Waals surface area (Å²) in [6, 6.07) is 4.21. The van der Waals surface area contributed by atoms with Gasteiger partial charge in [-0.3, -0.25) is 0 Å². The summed E-state index contributed by atoms with van der Waals surface area (Å²) in [6.07, 6.45) is 7.25. The molecule has 2 rings (SSSR count). The summed E-state index contributed by atoms with van der Waals surface area (Å²) < 4.78 is 6.06. The topological polar surface area (TPSA) is 22.1 Å². The second-order valence-electron chi connectivity index (χ2n) is 5.63. The Morgan fingerprint density at radius 2 is 1.94 bits per heavy atom. The van der Waals surface area contributed by atoms with Gasteiger partial charge in [-0.05, 0) is 31.7 Å². The highest BCUT2D eigenvalue weighted by Crippen LogP contribution is 2.23. The molecule has 1 heterocycles. The molecular weight excluding hydrogens is 214 g/mol. The summed E-state index contributed by atoms with van der Waals surface area (Å²) in [6.45, 7) is 7.02. The van der Waals surface area contributed by atoms with Crippen molar-refractivity contribution in [2.24, 2.45) is 0 Å². The lowest BCUT2D eigenvalue weighted by Crippen LogP contribution is -2.39. The van der Waals surface area contributed by atoms with E-state index in [4.69, 9.17) is 4.74 Å². The summed E-state index contributed by atoms with van der Waals surface area (Å²) in [5.41, 5.74) is 0. The van der Waals surface area contributed by atoms with Gasteiger partial charge in [0.25, 0.3) is 0 Å². The van der Waals surface area contributed by atoms with Gasteiger partial charge in [-0.2, -0.15) is 0 Å². The van der Waals surface area contributed by atoms with Crippen LogP contribution in [0.3, 0.4) is 0 Å². The molecule has 0 radical (unpaired) electrons. The minimum absolute atomic E-state index is 0.407. The Balaban J connectivity index is 2.19. The minimum Gasteiger partial charge on any atom is -0.474 e. The molecule has 0 N–H and O–H groups in total. The molecule has 0 atom stereocenters. The van der Waals surface area contributed by atoms with Gasteiger partial charge in [-0.15, -0.1) is 0 Å². The van der Waals surface area contributed by atoms with E-state index in [0.717, 1.165) is 5.88 Å². The van der Waals surface area contributed by atoms with Crippen LogP contribution in [0.1, 0.15) is 25.7 Å². The van der Waals surface area contributed by atoms with E-state index in [0.29, 0.717) is 6.10 Å². The fourth-order valence-electron chi connectivity index (χ4n) is 2.22. The van der Waals surface area contributed by atoms with Gasteiger partial charge in [0, 0.05) is 11.4 Å². The van der Waals surface area contributed by atoms with Crippen LogP contribution in [0.25, 0.3) is 0 Å². The van der Waals surface area contributed by atoms with E-state index in [9.17, 15) is 0 Å². The highest BCUT2D eigenvalue weighted by Gasteiger charge is 2.24. The molecule has 0 amide bonds. The molecule has 0 aromatic carbocycles. The second-order valence-corrected chi connectivity index (χ2v) is 10.7. The molecule has 0 aliphatic heterocycles. The van der Waals surface area contributed by atoms with Crippen molar-refractivity contribution in [3.05, 3.63) is 18.3 Å². The SMILES string of the molecule is C[Si](C)(C)c1cccnc1OC1CCCC1. The van der Waals surface area contributed by atoms with Crippen molar-refractivity contribution in [3.63, 3.8) is 0 Å². The van der Waals surface area contributed by atoms with Crippen LogP contribution in [-0.4, -0.2) is 19.2 Å². The maximum atomic E-state index is 6.06. The monoisotopic (exact) mass is 235 g/mol. The zero-order valence-corrected chi connectivity index (χ0v) is 11.5. The van der Waals surface area contributed by atoms with Gasteiger partial charge in [0.15, 0.2) is 0 Å². The molecule has 1 aromatic rings. The highest BCUT2D eigenvalue weighted by atomic mass is 28.3. The summed E-state index contributed by atoms with van der Waals surface area (Å²) in [4.78, 5) is 4.42. The van der Waals surface area contributed by atoms with E-state index in [1.807, 2.05) is 12.3 Å². The Hall–Kier alpha value is -0.833. The zero-order chi connectivity index (χ0) is 11.6. The second kappa shape index (κ2) is 4.58.